The van der Waals surface area contributed by atoms with Crippen LogP contribution < -0.4 is 4.72 Å². The maximum absolute atomic E-state index is 12.3. The number of amides is 1. The molecule has 0 spiro atoms. The molecule has 0 saturated carbocycles. The Balaban J connectivity index is 1.62. The molecule has 0 bridgehead atoms. The summed E-state index contributed by atoms with van der Waals surface area (Å²) in [6.45, 7) is 0.600. The summed E-state index contributed by atoms with van der Waals surface area (Å²) in [5.74, 6) is 0.186. The lowest BCUT2D eigenvalue weighted by molar-refractivity contribution is -0.130. The summed E-state index contributed by atoms with van der Waals surface area (Å²) in [5.41, 5.74) is 1.40. The van der Waals surface area contributed by atoms with E-state index in [-0.39, 0.29) is 29.6 Å². The molecule has 2 aromatic carbocycles. The zero-order valence-electron chi connectivity index (χ0n) is 14.1. The van der Waals surface area contributed by atoms with E-state index in [0.717, 1.165) is 5.56 Å². The highest BCUT2D eigenvalue weighted by atomic mass is 35.5. The Kier molecular flexibility index (Phi) is 5.29. The average Bonchev–Trinajstić information content (AvgIpc) is 2.88. The minimum atomic E-state index is -3.56. The number of amidine groups is 1. The van der Waals surface area contributed by atoms with Gasteiger partial charge in [-0.2, -0.15) is 0 Å². The van der Waals surface area contributed by atoms with Crippen LogP contribution in [0.5, 0.6) is 0 Å². The van der Waals surface area contributed by atoms with Gasteiger partial charge in [0.2, 0.25) is 5.91 Å². The molecule has 8 heteroatoms. The molecule has 1 amide bonds. The van der Waals surface area contributed by atoms with Crippen LogP contribution in [0.3, 0.4) is 0 Å². The van der Waals surface area contributed by atoms with Gasteiger partial charge in [0.25, 0.3) is 10.0 Å². The van der Waals surface area contributed by atoms with Gasteiger partial charge < -0.3 is 4.90 Å². The highest BCUT2D eigenvalue weighted by Crippen LogP contribution is 2.22. The first-order valence-corrected chi connectivity index (χ1v) is 9.88. The summed E-state index contributed by atoms with van der Waals surface area (Å²) in [4.78, 5) is 18.3. The maximum Gasteiger partial charge on any atom is 0.263 e. The van der Waals surface area contributed by atoms with Crippen LogP contribution in [0.1, 0.15) is 17.5 Å². The first-order chi connectivity index (χ1) is 12.4. The molecule has 1 aliphatic heterocycles. The number of hydrogen-bond acceptors (Lipinski definition) is 4. The van der Waals surface area contributed by atoms with Crippen LogP contribution in [0, 0.1) is 0 Å². The molecule has 3 rings (SSSR count). The van der Waals surface area contributed by atoms with Gasteiger partial charge in [-0.05, 0) is 23.8 Å². The van der Waals surface area contributed by atoms with Crippen molar-refractivity contribution < 1.29 is 13.2 Å². The summed E-state index contributed by atoms with van der Waals surface area (Å²) in [7, 11) is -1.86. The molecule has 0 radical (unpaired) electrons. The first kappa shape index (κ1) is 18.4. The Morgan fingerprint density at radius 3 is 2.62 bits per heavy atom. The van der Waals surface area contributed by atoms with Gasteiger partial charge >= 0.3 is 0 Å². The molecule has 0 unspecified atom stereocenters. The number of halogens is 1. The van der Waals surface area contributed by atoms with Gasteiger partial charge in [-0.3, -0.25) is 14.5 Å². The number of aliphatic imine (C=N–C) groups is 1. The van der Waals surface area contributed by atoms with Gasteiger partial charge in [-0.25, -0.2) is 8.42 Å². The van der Waals surface area contributed by atoms with Crippen molar-refractivity contribution in [3.63, 3.8) is 0 Å². The second-order valence-corrected chi connectivity index (χ2v) is 7.98. The highest BCUT2D eigenvalue weighted by molar-refractivity contribution is 7.90. The number of carbonyl (C=O) groups is 1. The minimum absolute atomic E-state index is 0.0941. The van der Waals surface area contributed by atoms with Gasteiger partial charge in [0.15, 0.2) is 0 Å². The number of benzene rings is 2. The topological polar surface area (TPSA) is 78.8 Å². The summed E-state index contributed by atoms with van der Waals surface area (Å²) in [5, 5.41) is 0.615. The minimum Gasteiger partial charge on any atom is -0.341 e. The second kappa shape index (κ2) is 7.47. The Bertz CT molecular complexity index is 973. The molecule has 0 atom stereocenters. The molecule has 6 nitrogen and oxygen atoms in total. The number of nitrogens with one attached hydrogen (secondary N) is 1. The summed E-state index contributed by atoms with van der Waals surface area (Å²) < 4.78 is 26.5. The van der Waals surface area contributed by atoms with Crippen molar-refractivity contribution in [3.8, 4) is 0 Å². The lowest BCUT2D eigenvalue weighted by atomic mass is 10.2. The number of fused-ring (bicyclic) bond motifs is 1. The predicted molar refractivity (Wildman–Crippen MR) is 101 cm³/mol. The van der Waals surface area contributed by atoms with Gasteiger partial charge in [0.1, 0.15) is 5.84 Å². The van der Waals surface area contributed by atoms with Crippen molar-refractivity contribution in [2.45, 2.75) is 17.9 Å². The third kappa shape index (κ3) is 3.89. The van der Waals surface area contributed by atoms with E-state index >= 15 is 0 Å². The van der Waals surface area contributed by atoms with E-state index < -0.39 is 10.0 Å². The Hall–Kier alpha value is -2.38. The molecule has 136 valence electrons. The zero-order valence-corrected chi connectivity index (χ0v) is 15.7. The number of sulfonamides is 1. The molecule has 0 saturated heterocycles. The van der Waals surface area contributed by atoms with E-state index in [1.807, 2.05) is 18.2 Å². The molecule has 0 fully saturated rings. The Morgan fingerprint density at radius 2 is 1.85 bits per heavy atom. The quantitative estimate of drug-likeness (QED) is 0.850. The largest absolute Gasteiger partial charge is 0.341 e. The Labute approximate surface area is 157 Å². The van der Waals surface area contributed by atoms with Crippen LogP contribution in [-0.2, 0) is 21.4 Å². The van der Waals surface area contributed by atoms with Crippen molar-refractivity contribution in [1.82, 2.24) is 9.62 Å². The fraction of sp³-hybridized carbons (Fsp3) is 0.222. The first-order valence-electron chi connectivity index (χ1n) is 8.02. The summed E-state index contributed by atoms with van der Waals surface area (Å²) >= 11 is 6.11. The van der Waals surface area contributed by atoms with Crippen LogP contribution in [0.4, 0.5) is 0 Å². The molecule has 1 aliphatic rings. The molecular weight excluding hydrogens is 374 g/mol. The van der Waals surface area contributed by atoms with Crippen LogP contribution in [0.2, 0.25) is 5.02 Å². The van der Waals surface area contributed by atoms with E-state index in [1.165, 1.54) is 6.07 Å². The third-order valence-corrected chi connectivity index (χ3v) is 5.82. The third-order valence-electron chi connectivity index (χ3n) is 4.05. The SMILES string of the molecule is CN(Cc1ccccc1Cl)C(=O)CCN=C1NS(=O)(=O)c2ccccc21. The van der Waals surface area contributed by atoms with Crippen LogP contribution >= 0.6 is 11.6 Å². The van der Waals surface area contributed by atoms with Gasteiger partial charge in [0.05, 0.1) is 11.4 Å². The van der Waals surface area contributed by atoms with E-state index in [4.69, 9.17) is 11.6 Å². The predicted octanol–water partition coefficient (Wildman–Crippen LogP) is 2.43. The number of carbonyl (C=O) groups excluding carboxylic acids is 1. The van der Waals surface area contributed by atoms with Crippen LogP contribution in [0.15, 0.2) is 58.4 Å². The highest BCUT2D eigenvalue weighted by Gasteiger charge is 2.29. The van der Waals surface area contributed by atoms with Crippen molar-refractivity contribution in [3.05, 3.63) is 64.7 Å². The maximum atomic E-state index is 12.3. The van der Waals surface area contributed by atoms with E-state index in [1.54, 1.807) is 36.2 Å². The normalized spacial score (nSPS) is 16.2. The van der Waals surface area contributed by atoms with Gasteiger partial charge in [-0.1, -0.05) is 41.9 Å². The molecule has 1 heterocycles. The monoisotopic (exact) mass is 391 g/mol. The van der Waals surface area contributed by atoms with Crippen molar-refractivity contribution in [2.75, 3.05) is 13.6 Å². The molecule has 0 aliphatic carbocycles. The van der Waals surface area contributed by atoms with Crippen molar-refractivity contribution in [2.24, 2.45) is 4.99 Å². The number of hydrogen-bond donors (Lipinski definition) is 1. The molecule has 2 aromatic rings. The molecular formula is C18H18ClN3O3S. The fourth-order valence-corrected chi connectivity index (χ4v) is 4.12. The fourth-order valence-electron chi connectivity index (χ4n) is 2.68. The Morgan fingerprint density at radius 1 is 1.15 bits per heavy atom. The summed E-state index contributed by atoms with van der Waals surface area (Å²) in [6.07, 6.45) is 0.175. The van der Waals surface area contributed by atoms with Crippen LogP contribution in [-0.4, -0.2) is 38.7 Å². The van der Waals surface area contributed by atoms with Gasteiger partial charge in [0, 0.05) is 30.6 Å². The smallest absolute Gasteiger partial charge is 0.263 e. The average molecular weight is 392 g/mol. The standard InChI is InChI=1S/C18H18ClN3O3S/c1-22(12-13-6-2-4-8-15(13)19)17(23)10-11-20-18-14-7-3-5-9-16(14)26(24,25)21-18/h2-9H,10-12H2,1H3,(H,20,21). The van der Waals surface area contributed by atoms with Crippen molar-refractivity contribution >= 4 is 33.4 Å². The van der Waals surface area contributed by atoms with E-state index in [9.17, 15) is 13.2 Å². The molecule has 1 N–H and O–H groups in total. The zero-order chi connectivity index (χ0) is 18.7. The molecule has 26 heavy (non-hydrogen) atoms. The molecule has 0 aromatic heterocycles. The van der Waals surface area contributed by atoms with Crippen molar-refractivity contribution in [1.29, 1.82) is 0 Å². The summed E-state index contributed by atoms with van der Waals surface area (Å²) in [6, 6.07) is 14.0. The van der Waals surface area contributed by atoms with Gasteiger partial charge in [-0.15, -0.1) is 0 Å². The van der Waals surface area contributed by atoms with Crippen LogP contribution in [0.25, 0.3) is 0 Å². The lowest BCUT2D eigenvalue weighted by Crippen LogP contribution is -2.27. The number of nitrogens with zero attached hydrogens (tertiary/aromatic N) is 2. The van der Waals surface area contributed by atoms with E-state index in [2.05, 4.69) is 9.71 Å². The lowest BCUT2D eigenvalue weighted by Gasteiger charge is -2.17. The second-order valence-electron chi connectivity index (χ2n) is 5.92. The van der Waals surface area contributed by atoms with E-state index in [0.29, 0.717) is 17.1 Å². The number of rotatable bonds is 5.